The predicted molar refractivity (Wildman–Crippen MR) is 93.6 cm³/mol. The van der Waals surface area contributed by atoms with E-state index in [2.05, 4.69) is 10.00 Å². The number of methoxy groups -OCH3 is 1. The van der Waals surface area contributed by atoms with Crippen LogP contribution in [-0.2, 0) is 13.6 Å². The zero-order valence-corrected chi connectivity index (χ0v) is 14.8. The summed E-state index contributed by atoms with van der Waals surface area (Å²) in [4.78, 5) is 27.8. The smallest absolute Gasteiger partial charge is 0.274 e. The number of aryl methyl sites for hydroxylation is 1. The van der Waals surface area contributed by atoms with Gasteiger partial charge in [0, 0.05) is 45.8 Å². The molecule has 0 N–H and O–H groups in total. The first kappa shape index (κ1) is 18.1. The maximum atomic E-state index is 13.8. The van der Waals surface area contributed by atoms with E-state index in [-0.39, 0.29) is 28.7 Å². The number of hydrogen-bond donors (Lipinski definition) is 0. The molecule has 1 amide bonds. The largest absolute Gasteiger partial charge is 0.494 e. The minimum Gasteiger partial charge on any atom is -0.494 e. The van der Waals surface area contributed by atoms with Crippen molar-refractivity contribution in [2.24, 2.45) is 7.05 Å². The van der Waals surface area contributed by atoms with Crippen molar-refractivity contribution in [2.45, 2.75) is 6.54 Å². The topological polar surface area (TPSA) is 67.7 Å². The highest BCUT2D eigenvalue weighted by atomic mass is 19.1. The van der Waals surface area contributed by atoms with E-state index < -0.39 is 0 Å². The van der Waals surface area contributed by atoms with Crippen LogP contribution in [0.1, 0.15) is 16.1 Å². The number of carbonyl (C=O) groups is 1. The average Bonchev–Trinajstić information content (AvgIpc) is 2.64. The van der Waals surface area contributed by atoms with Gasteiger partial charge in [0.15, 0.2) is 11.6 Å². The molecular formula is C18H21FN4O3. The molecule has 26 heavy (non-hydrogen) atoms. The van der Waals surface area contributed by atoms with Crippen LogP contribution < -0.4 is 10.3 Å². The van der Waals surface area contributed by atoms with Gasteiger partial charge in [0.25, 0.3) is 11.5 Å². The zero-order valence-electron chi connectivity index (χ0n) is 14.8. The fourth-order valence-electron chi connectivity index (χ4n) is 2.95. The summed E-state index contributed by atoms with van der Waals surface area (Å²) in [5.74, 6) is -0.329. The zero-order chi connectivity index (χ0) is 18.7. The number of amides is 1. The molecule has 0 radical (unpaired) electrons. The lowest BCUT2D eigenvalue weighted by Gasteiger charge is -2.34. The number of aromatic nitrogens is 2. The van der Waals surface area contributed by atoms with Crippen molar-refractivity contribution < 1.29 is 13.9 Å². The summed E-state index contributed by atoms with van der Waals surface area (Å²) in [5.41, 5.74) is 0.874. The molecule has 1 aliphatic heterocycles. The normalized spacial score (nSPS) is 15.1. The molecule has 1 aromatic heterocycles. The Kier molecular flexibility index (Phi) is 5.32. The fourth-order valence-corrected chi connectivity index (χ4v) is 2.95. The van der Waals surface area contributed by atoms with Gasteiger partial charge in [-0.15, -0.1) is 0 Å². The quantitative estimate of drug-likeness (QED) is 0.810. The van der Waals surface area contributed by atoms with Gasteiger partial charge in [-0.2, -0.15) is 5.10 Å². The molecule has 0 aliphatic carbocycles. The monoisotopic (exact) mass is 360 g/mol. The van der Waals surface area contributed by atoms with Gasteiger partial charge in [0.05, 0.1) is 7.11 Å². The number of rotatable bonds is 4. The van der Waals surface area contributed by atoms with E-state index in [9.17, 15) is 14.0 Å². The summed E-state index contributed by atoms with van der Waals surface area (Å²) in [6.45, 7) is 3.10. The van der Waals surface area contributed by atoms with E-state index in [4.69, 9.17) is 4.74 Å². The standard InChI is InChI=1S/C18H21FN4O3/c1-21-17(24)6-4-15(20-21)18(25)23-9-7-22(8-10-23)12-13-3-5-16(26-2)14(19)11-13/h3-6,11H,7-10,12H2,1-2H3. The molecule has 1 fully saturated rings. The number of hydrogen-bond acceptors (Lipinski definition) is 5. The summed E-state index contributed by atoms with van der Waals surface area (Å²) in [7, 11) is 2.96. The summed E-state index contributed by atoms with van der Waals surface area (Å²) in [5, 5.41) is 4.01. The lowest BCUT2D eigenvalue weighted by Crippen LogP contribution is -2.48. The van der Waals surface area contributed by atoms with Crippen LogP contribution in [0.2, 0.25) is 0 Å². The van der Waals surface area contributed by atoms with Crippen molar-refractivity contribution in [2.75, 3.05) is 33.3 Å². The summed E-state index contributed by atoms with van der Waals surface area (Å²) >= 11 is 0. The second-order valence-corrected chi connectivity index (χ2v) is 6.22. The molecule has 8 heteroatoms. The molecule has 1 aromatic carbocycles. The molecule has 0 bridgehead atoms. The van der Waals surface area contributed by atoms with Crippen molar-refractivity contribution in [1.82, 2.24) is 19.6 Å². The number of benzene rings is 1. The van der Waals surface area contributed by atoms with Crippen LogP contribution >= 0.6 is 0 Å². The van der Waals surface area contributed by atoms with E-state index in [0.717, 1.165) is 10.2 Å². The van der Waals surface area contributed by atoms with Crippen LogP contribution in [0.15, 0.2) is 35.1 Å². The molecule has 2 heterocycles. The third-order valence-electron chi connectivity index (χ3n) is 4.46. The Morgan fingerprint density at radius 2 is 1.92 bits per heavy atom. The summed E-state index contributed by atoms with van der Waals surface area (Å²) < 4.78 is 19.9. The summed E-state index contributed by atoms with van der Waals surface area (Å²) in [6.07, 6.45) is 0. The van der Waals surface area contributed by atoms with E-state index in [1.54, 1.807) is 11.0 Å². The van der Waals surface area contributed by atoms with Crippen molar-refractivity contribution in [3.8, 4) is 5.75 Å². The van der Waals surface area contributed by atoms with Crippen LogP contribution in [0.3, 0.4) is 0 Å². The molecule has 3 rings (SSSR count). The maximum Gasteiger partial charge on any atom is 0.274 e. The number of ether oxygens (including phenoxy) is 1. The Hall–Kier alpha value is -2.74. The second-order valence-electron chi connectivity index (χ2n) is 6.22. The van der Waals surface area contributed by atoms with Crippen molar-refractivity contribution in [1.29, 1.82) is 0 Å². The lowest BCUT2D eigenvalue weighted by molar-refractivity contribution is 0.0620. The number of halogens is 1. The third-order valence-corrected chi connectivity index (χ3v) is 4.46. The molecule has 7 nitrogen and oxygen atoms in total. The van der Waals surface area contributed by atoms with Crippen LogP contribution in [0.4, 0.5) is 4.39 Å². The van der Waals surface area contributed by atoms with Gasteiger partial charge in [-0.3, -0.25) is 14.5 Å². The van der Waals surface area contributed by atoms with Crippen LogP contribution in [0.5, 0.6) is 5.75 Å². The fraction of sp³-hybridized carbons (Fsp3) is 0.389. The second kappa shape index (κ2) is 7.65. The predicted octanol–water partition coefficient (Wildman–Crippen LogP) is 0.886. The maximum absolute atomic E-state index is 13.8. The molecule has 2 aromatic rings. The highest BCUT2D eigenvalue weighted by Gasteiger charge is 2.23. The minimum absolute atomic E-state index is 0.184. The Labute approximate surface area is 150 Å². The van der Waals surface area contributed by atoms with Gasteiger partial charge >= 0.3 is 0 Å². The summed E-state index contributed by atoms with van der Waals surface area (Å²) in [6, 6.07) is 7.74. The van der Waals surface area contributed by atoms with Gasteiger partial charge in [-0.1, -0.05) is 6.07 Å². The molecule has 1 saturated heterocycles. The van der Waals surface area contributed by atoms with Crippen molar-refractivity contribution >= 4 is 5.91 Å². The molecule has 138 valence electrons. The highest BCUT2D eigenvalue weighted by Crippen LogP contribution is 2.19. The van der Waals surface area contributed by atoms with Gasteiger partial charge < -0.3 is 9.64 Å². The van der Waals surface area contributed by atoms with Crippen LogP contribution in [0.25, 0.3) is 0 Å². The SMILES string of the molecule is COc1ccc(CN2CCN(C(=O)c3ccc(=O)n(C)n3)CC2)cc1F. The molecule has 0 atom stereocenters. The third kappa shape index (κ3) is 3.91. The van der Waals surface area contributed by atoms with Crippen LogP contribution in [-0.4, -0.2) is 58.8 Å². The first-order chi connectivity index (χ1) is 12.5. The van der Waals surface area contributed by atoms with Crippen molar-refractivity contribution in [3.05, 3.63) is 57.8 Å². The van der Waals surface area contributed by atoms with E-state index in [0.29, 0.717) is 32.7 Å². The number of carbonyl (C=O) groups excluding carboxylic acids is 1. The Morgan fingerprint density at radius 3 is 2.54 bits per heavy atom. The van der Waals surface area contributed by atoms with Crippen LogP contribution in [0, 0.1) is 5.82 Å². The molecular weight excluding hydrogens is 339 g/mol. The molecule has 0 spiro atoms. The minimum atomic E-state index is -0.375. The van der Waals surface area contributed by atoms with Gasteiger partial charge in [0.2, 0.25) is 0 Å². The number of piperazine rings is 1. The highest BCUT2D eigenvalue weighted by molar-refractivity contribution is 5.92. The average molecular weight is 360 g/mol. The van der Waals surface area contributed by atoms with Gasteiger partial charge in [-0.25, -0.2) is 9.07 Å². The molecule has 0 saturated carbocycles. The Balaban J connectivity index is 1.58. The Morgan fingerprint density at radius 1 is 1.19 bits per heavy atom. The molecule has 0 unspecified atom stereocenters. The number of nitrogens with zero attached hydrogens (tertiary/aromatic N) is 4. The first-order valence-corrected chi connectivity index (χ1v) is 8.36. The molecule has 1 aliphatic rings. The lowest BCUT2D eigenvalue weighted by atomic mass is 10.1. The van der Waals surface area contributed by atoms with E-state index >= 15 is 0 Å². The van der Waals surface area contributed by atoms with Crippen molar-refractivity contribution in [3.63, 3.8) is 0 Å². The van der Waals surface area contributed by atoms with E-state index in [1.165, 1.54) is 32.4 Å². The first-order valence-electron chi connectivity index (χ1n) is 8.36. The van der Waals surface area contributed by atoms with Gasteiger partial charge in [0.1, 0.15) is 5.69 Å². The van der Waals surface area contributed by atoms with Gasteiger partial charge in [-0.05, 0) is 23.8 Å². The van der Waals surface area contributed by atoms with E-state index in [1.807, 2.05) is 6.07 Å². The Bertz CT molecular complexity index is 860.